The van der Waals surface area contributed by atoms with Crippen molar-refractivity contribution in [2.24, 2.45) is 11.8 Å². The Morgan fingerprint density at radius 1 is 1.11 bits per heavy atom. The summed E-state index contributed by atoms with van der Waals surface area (Å²) in [4.78, 5) is 11.0. The fourth-order valence-electron chi connectivity index (χ4n) is 1.07. The Morgan fingerprint density at radius 2 is 1.50 bits per heavy atom. The maximum atomic E-state index is 12.2. The van der Waals surface area contributed by atoms with Gasteiger partial charge in [0.2, 0.25) is 11.8 Å². The van der Waals surface area contributed by atoms with E-state index in [4.69, 9.17) is 5.26 Å². The summed E-state index contributed by atoms with van der Waals surface area (Å²) in [5, 5.41) is 9.94. The molecule has 9 heteroatoms. The molecule has 0 bridgehead atoms. The van der Waals surface area contributed by atoms with Crippen LogP contribution in [0.25, 0.3) is 0 Å². The Balaban J connectivity index is 5.09. The van der Waals surface area contributed by atoms with Gasteiger partial charge in [-0.1, -0.05) is 13.8 Å². The van der Waals surface area contributed by atoms with Crippen LogP contribution in [-0.4, -0.2) is 24.3 Å². The predicted molar refractivity (Wildman–Crippen MR) is 48.0 cm³/mol. The average molecular weight is 276 g/mol. The third-order valence-corrected chi connectivity index (χ3v) is 2.02. The Hall–Kier alpha value is -1.46. The van der Waals surface area contributed by atoms with Gasteiger partial charge in [0.1, 0.15) is 6.04 Å². The number of hydrogen-bond donors (Lipinski definition) is 1. The first kappa shape index (κ1) is 16.5. The van der Waals surface area contributed by atoms with Crippen molar-refractivity contribution in [3.05, 3.63) is 0 Å². The lowest BCUT2D eigenvalue weighted by Crippen LogP contribution is -2.51. The maximum absolute atomic E-state index is 12.2. The van der Waals surface area contributed by atoms with Crippen LogP contribution in [0.15, 0.2) is 0 Å². The Kier molecular flexibility index (Phi) is 5.01. The second-order valence-electron chi connectivity index (χ2n) is 3.88. The molecule has 0 fully saturated rings. The molecule has 0 saturated heterocycles. The number of nitrogens with zero attached hydrogens (tertiary/aromatic N) is 1. The van der Waals surface area contributed by atoms with Crippen molar-refractivity contribution in [2.75, 3.05) is 0 Å². The van der Waals surface area contributed by atoms with Gasteiger partial charge in [0.15, 0.2) is 0 Å². The number of rotatable bonds is 3. The van der Waals surface area contributed by atoms with Crippen molar-refractivity contribution in [1.29, 1.82) is 5.26 Å². The Bertz CT molecular complexity index is 326. The van der Waals surface area contributed by atoms with Crippen LogP contribution in [0, 0.1) is 23.2 Å². The van der Waals surface area contributed by atoms with Crippen LogP contribution >= 0.6 is 0 Å². The molecule has 18 heavy (non-hydrogen) atoms. The van der Waals surface area contributed by atoms with E-state index < -0.39 is 36.1 Å². The second-order valence-corrected chi connectivity index (χ2v) is 3.88. The number of hydrogen-bond acceptors (Lipinski definition) is 2. The molecule has 0 heterocycles. The predicted octanol–water partition coefficient (Wildman–Crippen LogP) is 2.39. The highest BCUT2D eigenvalue weighted by Crippen LogP contribution is 2.39. The highest BCUT2D eigenvalue weighted by Gasteiger charge is 2.61. The van der Waals surface area contributed by atoms with Crippen LogP contribution < -0.4 is 5.32 Å². The summed E-state index contributed by atoms with van der Waals surface area (Å²) >= 11 is 0. The summed E-state index contributed by atoms with van der Waals surface area (Å²) in [6.45, 7) is 2.76. The SMILES string of the molecule is CC(C)C(C#N)NC(=O)C(C(F)(F)F)C(F)(F)F. The van der Waals surface area contributed by atoms with Crippen molar-refractivity contribution in [2.45, 2.75) is 32.2 Å². The molecule has 0 rings (SSSR count). The summed E-state index contributed by atoms with van der Waals surface area (Å²) in [5.41, 5.74) is 0. The van der Waals surface area contributed by atoms with Gasteiger partial charge in [-0.05, 0) is 5.92 Å². The zero-order valence-electron chi connectivity index (χ0n) is 9.36. The number of halogens is 6. The van der Waals surface area contributed by atoms with E-state index in [0.717, 1.165) is 0 Å². The lowest BCUT2D eigenvalue weighted by molar-refractivity contribution is -0.274. The van der Waals surface area contributed by atoms with Crippen LogP contribution in [0.3, 0.4) is 0 Å². The van der Waals surface area contributed by atoms with E-state index in [-0.39, 0.29) is 0 Å². The zero-order valence-corrected chi connectivity index (χ0v) is 9.36. The first-order chi connectivity index (χ1) is 7.91. The van der Waals surface area contributed by atoms with E-state index >= 15 is 0 Å². The van der Waals surface area contributed by atoms with Gasteiger partial charge in [-0.15, -0.1) is 0 Å². The molecular formula is C9H10F6N2O. The number of carbonyl (C=O) groups excluding carboxylic acids is 1. The smallest absolute Gasteiger partial charge is 0.339 e. The molecule has 0 radical (unpaired) electrons. The summed E-state index contributed by atoms with van der Waals surface area (Å²) in [7, 11) is 0. The monoisotopic (exact) mass is 276 g/mol. The van der Waals surface area contributed by atoms with Gasteiger partial charge in [0.25, 0.3) is 0 Å². The van der Waals surface area contributed by atoms with Gasteiger partial charge in [-0.3, -0.25) is 4.79 Å². The van der Waals surface area contributed by atoms with Gasteiger partial charge in [-0.25, -0.2) is 0 Å². The van der Waals surface area contributed by atoms with E-state index in [9.17, 15) is 31.1 Å². The molecule has 0 aliphatic carbocycles. The minimum atomic E-state index is -5.75. The van der Waals surface area contributed by atoms with Crippen LogP contribution in [0.4, 0.5) is 26.3 Å². The highest BCUT2D eigenvalue weighted by atomic mass is 19.4. The number of alkyl halides is 6. The third-order valence-electron chi connectivity index (χ3n) is 2.02. The summed E-state index contributed by atoms with van der Waals surface area (Å²) in [6, 6.07) is 0.0112. The van der Waals surface area contributed by atoms with Crippen molar-refractivity contribution < 1.29 is 31.1 Å². The van der Waals surface area contributed by atoms with E-state index in [1.807, 2.05) is 0 Å². The number of amides is 1. The standard InChI is InChI=1S/C9H10F6N2O/c1-4(2)5(3-16)17-7(18)6(8(10,11)12)9(13,14)15/h4-6H,1-2H3,(H,17,18). The van der Waals surface area contributed by atoms with Crippen molar-refractivity contribution in [3.8, 4) is 6.07 Å². The molecule has 1 amide bonds. The molecule has 104 valence electrons. The zero-order chi connectivity index (χ0) is 14.7. The molecule has 3 nitrogen and oxygen atoms in total. The molecule has 0 aromatic carbocycles. The van der Waals surface area contributed by atoms with Crippen LogP contribution in [0.2, 0.25) is 0 Å². The fraction of sp³-hybridized carbons (Fsp3) is 0.778. The van der Waals surface area contributed by atoms with Gasteiger partial charge < -0.3 is 5.32 Å². The van der Waals surface area contributed by atoms with Gasteiger partial charge >= 0.3 is 12.4 Å². The number of nitrogens with one attached hydrogen (secondary N) is 1. The molecule has 1 N–H and O–H groups in total. The fourth-order valence-corrected chi connectivity index (χ4v) is 1.07. The van der Waals surface area contributed by atoms with E-state index in [1.54, 1.807) is 0 Å². The molecule has 0 spiro atoms. The van der Waals surface area contributed by atoms with Crippen LogP contribution in [-0.2, 0) is 4.79 Å². The average Bonchev–Trinajstić information content (AvgIpc) is 2.08. The second kappa shape index (κ2) is 5.46. The molecule has 0 aliphatic heterocycles. The lowest BCUT2D eigenvalue weighted by atomic mass is 10.0. The Morgan fingerprint density at radius 3 is 1.72 bits per heavy atom. The molecule has 0 saturated carbocycles. The van der Waals surface area contributed by atoms with Crippen molar-refractivity contribution in [1.82, 2.24) is 5.32 Å². The van der Waals surface area contributed by atoms with Gasteiger partial charge in [0, 0.05) is 0 Å². The molecule has 1 atom stereocenters. The number of carbonyl (C=O) groups is 1. The van der Waals surface area contributed by atoms with E-state index in [1.165, 1.54) is 25.2 Å². The molecule has 0 aromatic rings. The molecular weight excluding hydrogens is 266 g/mol. The normalized spacial score (nSPS) is 14.5. The van der Waals surface area contributed by atoms with E-state index in [2.05, 4.69) is 0 Å². The van der Waals surface area contributed by atoms with Crippen LogP contribution in [0.5, 0.6) is 0 Å². The number of nitriles is 1. The largest absolute Gasteiger partial charge is 0.409 e. The lowest BCUT2D eigenvalue weighted by Gasteiger charge is -2.24. The molecule has 0 aromatic heterocycles. The highest BCUT2D eigenvalue weighted by molar-refractivity contribution is 5.80. The summed E-state index contributed by atoms with van der Waals surface area (Å²) in [6.07, 6.45) is -11.5. The molecule has 0 aliphatic rings. The minimum Gasteiger partial charge on any atom is -0.339 e. The minimum absolute atomic E-state index is 0.610. The van der Waals surface area contributed by atoms with Gasteiger partial charge in [-0.2, -0.15) is 31.6 Å². The molecule has 1 unspecified atom stereocenters. The van der Waals surface area contributed by atoms with E-state index in [0.29, 0.717) is 0 Å². The Labute approximate surface area is 98.8 Å². The topological polar surface area (TPSA) is 52.9 Å². The van der Waals surface area contributed by atoms with Crippen molar-refractivity contribution in [3.63, 3.8) is 0 Å². The summed E-state index contributed by atoms with van der Waals surface area (Å²) in [5.74, 6) is -7.00. The van der Waals surface area contributed by atoms with Crippen molar-refractivity contribution >= 4 is 5.91 Å². The quantitative estimate of drug-likeness (QED) is 0.805. The van der Waals surface area contributed by atoms with Crippen LogP contribution in [0.1, 0.15) is 13.8 Å². The summed E-state index contributed by atoms with van der Waals surface area (Å²) < 4.78 is 72.9. The first-order valence-corrected chi connectivity index (χ1v) is 4.74. The van der Waals surface area contributed by atoms with Gasteiger partial charge in [0.05, 0.1) is 6.07 Å². The third kappa shape index (κ3) is 4.43. The maximum Gasteiger partial charge on any atom is 0.409 e. The first-order valence-electron chi connectivity index (χ1n) is 4.74.